The van der Waals surface area contributed by atoms with E-state index in [1.807, 2.05) is 34.3 Å². The highest BCUT2D eigenvalue weighted by molar-refractivity contribution is 7.07. The van der Waals surface area contributed by atoms with E-state index in [-0.39, 0.29) is 0 Å². The molecule has 0 fully saturated rings. The van der Waals surface area contributed by atoms with Gasteiger partial charge in [0.05, 0.1) is 43.0 Å². The average Bonchev–Trinajstić information content (AvgIpc) is 3.16. The summed E-state index contributed by atoms with van der Waals surface area (Å²) in [6.07, 6.45) is 1.76. The van der Waals surface area contributed by atoms with E-state index in [1.54, 1.807) is 37.3 Å². The van der Waals surface area contributed by atoms with Crippen LogP contribution in [0.25, 0.3) is 17.1 Å². The van der Waals surface area contributed by atoms with E-state index in [0.29, 0.717) is 11.5 Å². The molecule has 102 valence electrons. The van der Waals surface area contributed by atoms with Crippen molar-refractivity contribution in [1.29, 1.82) is 0 Å². The Labute approximate surface area is 120 Å². The summed E-state index contributed by atoms with van der Waals surface area (Å²) in [6.45, 7) is 0. The monoisotopic (exact) mass is 287 g/mol. The summed E-state index contributed by atoms with van der Waals surface area (Å²) in [5, 5.41) is 6.35. The van der Waals surface area contributed by atoms with Crippen molar-refractivity contribution >= 4 is 11.3 Å². The molecule has 0 saturated heterocycles. The van der Waals surface area contributed by atoms with Crippen LogP contribution in [0, 0.1) is 0 Å². The van der Waals surface area contributed by atoms with Crippen LogP contribution in [0.3, 0.4) is 0 Å². The van der Waals surface area contributed by atoms with Gasteiger partial charge >= 0.3 is 0 Å². The van der Waals surface area contributed by atoms with Crippen molar-refractivity contribution < 1.29 is 9.47 Å². The predicted octanol–water partition coefficient (Wildman–Crippen LogP) is 3.01. The topological polar surface area (TPSA) is 49.2 Å². The summed E-state index contributed by atoms with van der Waals surface area (Å²) in [6, 6.07) is 7.62. The summed E-state index contributed by atoms with van der Waals surface area (Å²) < 4.78 is 12.4. The summed E-state index contributed by atoms with van der Waals surface area (Å²) in [7, 11) is 3.23. The Bertz CT molecular complexity index is 707. The molecule has 0 atom stereocenters. The molecule has 0 unspecified atom stereocenters. The van der Waals surface area contributed by atoms with Crippen LogP contribution in [0.1, 0.15) is 0 Å². The van der Waals surface area contributed by atoms with Gasteiger partial charge in [0.25, 0.3) is 0 Å². The van der Waals surface area contributed by atoms with E-state index in [0.717, 1.165) is 17.1 Å². The second-order valence-electron chi connectivity index (χ2n) is 4.04. The molecule has 0 radical (unpaired) electrons. The number of benzene rings is 1. The number of hydrogen-bond donors (Lipinski definition) is 0. The van der Waals surface area contributed by atoms with Gasteiger partial charge in [0.2, 0.25) is 0 Å². The molecule has 0 aliphatic heterocycles. The molecule has 0 aliphatic rings. The maximum Gasteiger partial charge on any atom is 0.162 e. The molecule has 0 aliphatic carbocycles. The van der Waals surface area contributed by atoms with Gasteiger partial charge in [-0.25, -0.2) is 9.67 Å². The lowest BCUT2D eigenvalue weighted by atomic mass is 10.2. The minimum atomic E-state index is 0.671. The number of thiazole rings is 1. The van der Waals surface area contributed by atoms with E-state index in [1.165, 1.54) is 0 Å². The van der Waals surface area contributed by atoms with Crippen LogP contribution in [0.5, 0.6) is 11.5 Å². The van der Waals surface area contributed by atoms with Gasteiger partial charge in [-0.15, -0.1) is 11.3 Å². The molecular weight excluding hydrogens is 274 g/mol. The van der Waals surface area contributed by atoms with Crippen LogP contribution in [0.4, 0.5) is 0 Å². The number of ether oxygens (including phenoxy) is 2. The first-order valence-corrected chi connectivity index (χ1v) is 6.92. The minimum Gasteiger partial charge on any atom is -0.493 e. The van der Waals surface area contributed by atoms with Crippen LogP contribution in [0.15, 0.2) is 41.4 Å². The second kappa shape index (κ2) is 5.34. The summed E-state index contributed by atoms with van der Waals surface area (Å²) >= 11 is 1.56. The van der Waals surface area contributed by atoms with Crippen molar-refractivity contribution in [3.8, 4) is 28.6 Å². The van der Waals surface area contributed by atoms with Crippen LogP contribution in [-0.4, -0.2) is 29.0 Å². The van der Waals surface area contributed by atoms with Crippen LogP contribution < -0.4 is 9.47 Å². The zero-order valence-corrected chi connectivity index (χ0v) is 11.9. The van der Waals surface area contributed by atoms with Crippen molar-refractivity contribution in [2.24, 2.45) is 0 Å². The standard InChI is InChI=1S/C14H13N3O2S/c1-18-13-4-3-10(7-14(13)19-2)17-12(5-6-16-17)11-8-20-9-15-11/h3-9H,1-2H3. The van der Waals surface area contributed by atoms with E-state index in [9.17, 15) is 0 Å². The molecule has 2 aromatic heterocycles. The van der Waals surface area contributed by atoms with Gasteiger partial charge in [0.15, 0.2) is 11.5 Å². The lowest BCUT2D eigenvalue weighted by Gasteiger charge is -2.11. The van der Waals surface area contributed by atoms with Crippen molar-refractivity contribution in [2.45, 2.75) is 0 Å². The molecule has 0 saturated carbocycles. The zero-order valence-electron chi connectivity index (χ0n) is 11.1. The number of methoxy groups -OCH3 is 2. The van der Waals surface area contributed by atoms with Crippen LogP contribution in [-0.2, 0) is 0 Å². The average molecular weight is 287 g/mol. The summed E-state index contributed by atoms with van der Waals surface area (Å²) in [5.41, 5.74) is 4.55. The molecular formula is C14H13N3O2S. The molecule has 0 spiro atoms. The molecule has 3 rings (SSSR count). The Morgan fingerprint density at radius 2 is 1.95 bits per heavy atom. The number of aromatic nitrogens is 3. The van der Waals surface area contributed by atoms with E-state index >= 15 is 0 Å². The molecule has 1 aromatic carbocycles. The van der Waals surface area contributed by atoms with Gasteiger partial charge in [-0.1, -0.05) is 0 Å². The highest BCUT2D eigenvalue weighted by atomic mass is 32.1. The van der Waals surface area contributed by atoms with Crippen molar-refractivity contribution in [3.63, 3.8) is 0 Å². The van der Waals surface area contributed by atoms with Crippen LogP contribution in [0.2, 0.25) is 0 Å². The first kappa shape index (κ1) is 12.7. The van der Waals surface area contributed by atoms with Crippen molar-refractivity contribution in [3.05, 3.63) is 41.4 Å². The van der Waals surface area contributed by atoms with E-state index in [2.05, 4.69) is 10.1 Å². The fraction of sp³-hybridized carbons (Fsp3) is 0.143. The molecule has 0 N–H and O–H groups in total. The second-order valence-corrected chi connectivity index (χ2v) is 4.76. The molecule has 0 amide bonds. The first-order valence-electron chi connectivity index (χ1n) is 5.98. The summed E-state index contributed by atoms with van der Waals surface area (Å²) in [5.74, 6) is 1.36. The third-order valence-electron chi connectivity index (χ3n) is 2.95. The molecule has 0 bridgehead atoms. The van der Waals surface area contributed by atoms with Crippen LogP contribution >= 0.6 is 11.3 Å². The van der Waals surface area contributed by atoms with Crippen molar-refractivity contribution in [1.82, 2.24) is 14.8 Å². The fourth-order valence-electron chi connectivity index (χ4n) is 2.00. The molecule has 20 heavy (non-hydrogen) atoms. The third kappa shape index (κ3) is 2.14. The van der Waals surface area contributed by atoms with Gasteiger partial charge in [0.1, 0.15) is 0 Å². The third-order valence-corrected chi connectivity index (χ3v) is 3.54. The predicted molar refractivity (Wildman–Crippen MR) is 77.8 cm³/mol. The van der Waals surface area contributed by atoms with E-state index in [4.69, 9.17) is 9.47 Å². The molecule has 6 heteroatoms. The maximum absolute atomic E-state index is 5.33. The highest BCUT2D eigenvalue weighted by Gasteiger charge is 2.11. The first-order chi connectivity index (χ1) is 9.83. The summed E-state index contributed by atoms with van der Waals surface area (Å²) in [4.78, 5) is 4.32. The maximum atomic E-state index is 5.33. The Kier molecular flexibility index (Phi) is 3.39. The smallest absolute Gasteiger partial charge is 0.162 e. The van der Waals surface area contributed by atoms with Gasteiger partial charge in [-0.3, -0.25) is 0 Å². The van der Waals surface area contributed by atoms with Gasteiger partial charge < -0.3 is 9.47 Å². The van der Waals surface area contributed by atoms with E-state index < -0.39 is 0 Å². The Hall–Kier alpha value is -2.34. The Balaban J connectivity index is 2.08. The SMILES string of the molecule is COc1ccc(-n2nccc2-c2cscn2)cc1OC. The zero-order chi connectivity index (χ0) is 13.9. The minimum absolute atomic E-state index is 0.671. The van der Waals surface area contributed by atoms with Crippen molar-refractivity contribution in [2.75, 3.05) is 14.2 Å². The van der Waals surface area contributed by atoms with Gasteiger partial charge in [-0.2, -0.15) is 5.10 Å². The largest absolute Gasteiger partial charge is 0.493 e. The number of rotatable bonds is 4. The quantitative estimate of drug-likeness (QED) is 0.740. The molecule has 2 heterocycles. The van der Waals surface area contributed by atoms with Gasteiger partial charge in [-0.05, 0) is 18.2 Å². The lowest BCUT2D eigenvalue weighted by Crippen LogP contribution is -2.00. The Morgan fingerprint density at radius 1 is 1.10 bits per heavy atom. The fourth-order valence-corrected chi connectivity index (χ4v) is 2.54. The highest BCUT2D eigenvalue weighted by Crippen LogP contribution is 2.30. The molecule has 5 nitrogen and oxygen atoms in total. The molecule has 3 aromatic rings. The Morgan fingerprint density at radius 3 is 2.65 bits per heavy atom. The number of nitrogens with zero attached hydrogens (tertiary/aromatic N) is 3. The lowest BCUT2D eigenvalue weighted by molar-refractivity contribution is 0.355. The van der Waals surface area contributed by atoms with Gasteiger partial charge in [0, 0.05) is 11.4 Å². The normalized spacial score (nSPS) is 10.5. The number of hydrogen-bond acceptors (Lipinski definition) is 5.